The van der Waals surface area contributed by atoms with E-state index in [0.29, 0.717) is 29.2 Å². The average Bonchev–Trinajstić information content (AvgIpc) is 2.74. The maximum Gasteiger partial charge on any atom is 0.251 e. The second kappa shape index (κ2) is 9.72. The lowest BCUT2D eigenvalue weighted by Crippen LogP contribution is -2.27. The molecule has 0 aliphatic heterocycles. The van der Waals surface area contributed by atoms with Crippen molar-refractivity contribution in [3.8, 4) is 0 Å². The number of nitrogens with one attached hydrogen (secondary N) is 2. The molecule has 0 unspecified atom stereocenters. The Labute approximate surface area is 169 Å². The van der Waals surface area contributed by atoms with Crippen LogP contribution in [0.3, 0.4) is 0 Å². The number of hydrogen-bond acceptors (Lipinski definition) is 2. The van der Waals surface area contributed by atoms with E-state index in [1.54, 1.807) is 30.3 Å². The highest BCUT2D eigenvalue weighted by atomic mass is 35.5. The molecule has 0 fully saturated rings. The minimum atomic E-state index is -0.251. The third-order valence-corrected chi connectivity index (χ3v) is 4.69. The predicted octanol–water partition coefficient (Wildman–Crippen LogP) is 4.24. The monoisotopic (exact) mass is 392 g/mol. The third kappa shape index (κ3) is 5.44. The summed E-state index contributed by atoms with van der Waals surface area (Å²) in [6, 6.07) is 24.0. The van der Waals surface area contributed by atoms with Gasteiger partial charge in [0.1, 0.15) is 0 Å². The molecule has 4 nitrogen and oxygen atoms in total. The van der Waals surface area contributed by atoms with Gasteiger partial charge < -0.3 is 10.6 Å². The van der Waals surface area contributed by atoms with E-state index < -0.39 is 0 Å². The maximum atomic E-state index is 12.4. The van der Waals surface area contributed by atoms with E-state index in [2.05, 4.69) is 10.6 Å². The lowest BCUT2D eigenvalue weighted by molar-refractivity contribution is 0.0951. The summed E-state index contributed by atoms with van der Waals surface area (Å²) in [6.45, 7) is 0.859. The van der Waals surface area contributed by atoms with Gasteiger partial charge in [-0.05, 0) is 41.8 Å². The SMILES string of the molecule is O=C(NCCc1ccccc1)c1cccc(C(=O)NCc2ccccc2Cl)c1. The Morgan fingerprint density at radius 2 is 1.39 bits per heavy atom. The van der Waals surface area contributed by atoms with Gasteiger partial charge in [0, 0.05) is 29.2 Å². The predicted molar refractivity (Wildman–Crippen MR) is 112 cm³/mol. The fourth-order valence-corrected chi connectivity index (χ4v) is 2.99. The summed E-state index contributed by atoms with van der Waals surface area (Å²) in [5, 5.41) is 6.33. The summed E-state index contributed by atoms with van der Waals surface area (Å²) in [5.41, 5.74) is 2.89. The lowest BCUT2D eigenvalue weighted by atomic mass is 10.1. The van der Waals surface area contributed by atoms with Crippen molar-refractivity contribution in [3.05, 3.63) is 106 Å². The molecule has 0 bridgehead atoms. The molecule has 28 heavy (non-hydrogen) atoms. The van der Waals surface area contributed by atoms with E-state index in [1.807, 2.05) is 48.5 Å². The number of amides is 2. The van der Waals surface area contributed by atoms with Crippen LogP contribution in [-0.2, 0) is 13.0 Å². The van der Waals surface area contributed by atoms with Crippen LogP contribution in [0.2, 0.25) is 5.02 Å². The number of rotatable bonds is 7. The molecular weight excluding hydrogens is 372 g/mol. The highest BCUT2D eigenvalue weighted by Gasteiger charge is 2.11. The fraction of sp³-hybridized carbons (Fsp3) is 0.130. The molecular formula is C23H21ClN2O2. The van der Waals surface area contributed by atoms with E-state index in [0.717, 1.165) is 17.5 Å². The van der Waals surface area contributed by atoms with Crippen LogP contribution in [0.5, 0.6) is 0 Å². The van der Waals surface area contributed by atoms with Crippen LogP contribution < -0.4 is 10.6 Å². The van der Waals surface area contributed by atoms with Crippen LogP contribution in [0, 0.1) is 0 Å². The van der Waals surface area contributed by atoms with Crippen molar-refractivity contribution in [3.63, 3.8) is 0 Å². The van der Waals surface area contributed by atoms with E-state index >= 15 is 0 Å². The summed E-state index contributed by atoms with van der Waals surface area (Å²) in [7, 11) is 0. The summed E-state index contributed by atoms with van der Waals surface area (Å²) < 4.78 is 0. The topological polar surface area (TPSA) is 58.2 Å². The zero-order chi connectivity index (χ0) is 19.8. The van der Waals surface area contributed by atoms with Crippen molar-refractivity contribution >= 4 is 23.4 Å². The van der Waals surface area contributed by atoms with Gasteiger partial charge in [-0.3, -0.25) is 9.59 Å². The second-order valence-corrected chi connectivity index (χ2v) is 6.75. The van der Waals surface area contributed by atoms with Gasteiger partial charge in [0.2, 0.25) is 0 Å². The van der Waals surface area contributed by atoms with Gasteiger partial charge >= 0.3 is 0 Å². The summed E-state index contributed by atoms with van der Waals surface area (Å²) in [6.07, 6.45) is 0.755. The molecule has 0 saturated heterocycles. The molecule has 0 saturated carbocycles. The van der Waals surface area contributed by atoms with E-state index in [4.69, 9.17) is 11.6 Å². The smallest absolute Gasteiger partial charge is 0.251 e. The minimum Gasteiger partial charge on any atom is -0.352 e. The Morgan fingerprint density at radius 3 is 2.11 bits per heavy atom. The number of benzene rings is 3. The molecule has 142 valence electrons. The van der Waals surface area contributed by atoms with Crippen LogP contribution in [-0.4, -0.2) is 18.4 Å². The third-order valence-electron chi connectivity index (χ3n) is 4.33. The van der Waals surface area contributed by atoms with Gasteiger partial charge in [0.25, 0.3) is 11.8 Å². The highest BCUT2D eigenvalue weighted by molar-refractivity contribution is 6.31. The number of hydrogen-bond donors (Lipinski definition) is 2. The Hall–Kier alpha value is -3.11. The van der Waals surface area contributed by atoms with Crippen LogP contribution in [0.1, 0.15) is 31.8 Å². The van der Waals surface area contributed by atoms with Crippen LogP contribution >= 0.6 is 11.6 Å². The van der Waals surface area contributed by atoms with E-state index in [-0.39, 0.29) is 11.8 Å². The minimum absolute atomic E-state index is 0.198. The van der Waals surface area contributed by atoms with Crippen LogP contribution in [0.4, 0.5) is 0 Å². The van der Waals surface area contributed by atoms with Gasteiger partial charge in [-0.2, -0.15) is 0 Å². The zero-order valence-electron chi connectivity index (χ0n) is 15.3. The van der Waals surface area contributed by atoms with Gasteiger partial charge in [0.05, 0.1) is 0 Å². The first-order chi connectivity index (χ1) is 13.6. The molecule has 0 heterocycles. The first-order valence-corrected chi connectivity index (χ1v) is 9.45. The molecule has 0 aromatic heterocycles. The molecule has 2 N–H and O–H groups in total. The van der Waals surface area contributed by atoms with Crippen molar-refractivity contribution in [1.82, 2.24) is 10.6 Å². The molecule has 5 heteroatoms. The van der Waals surface area contributed by atoms with E-state index in [1.165, 1.54) is 0 Å². The summed E-state index contributed by atoms with van der Waals surface area (Å²) in [4.78, 5) is 24.8. The highest BCUT2D eigenvalue weighted by Crippen LogP contribution is 2.14. The van der Waals surface area contributed by atoms with Crippen molar-refractivity contribution in [2.75, 3.05) is 6.54 Å². The number of carbonyl (C=O) groups excluding carboxylic acids is 2. The van der Waals surface area contributed by atoms with Crippen LogP contribution in [0.15, 0.2) is 78.9 Å². The Bertz CT molecular complexity index is 958. The first kappa shape index (κ1) is 19.6. The largest absolute Gasteiger partial charge is 0.352 e. The second-order valence-electron chi connectivity index (χ2n) is 6.35. The molecule has 0 spiro atoms. The molecule has 3 aromatic rings. The van der Waals surface area contributed by atoms with Crippen molar-refractivity contribution < 1.29 is 9.59 Å². The van der Waals surface area contributed by atoms with Crippen molar-refractivity contribution in [2.45, 2.75) is 13.0 Å². The van der Waals surface area contributed by atoms with Crippen molar-refractivity contribution in [1.29, 1.82) is 0 Å². The summed E-state index contributed by atoms with van der Waals surface area (Å²) >= 11 is 6.11. The Kier molecular flexibility index (Phi) is 6.82. The quantitative estimate of drug-likeness (QED) is 0.631. The first-order valence-electron chi connectivity index (χ1n) is 9.07. The molecule has 0 radical (unpaired) electrons. The fourth-order valence-electron chi connectivity index (χ4n) is 2.79. The molecule has 0 aliphatic rings. The molecule has 0 atom stereocenters. The van der Waals surface area contributed by atoms with Gasteiger partial charge in [-0.1, -0.05) is 66.2 Å². The Morgan fingerprint density at radius 1 is 0.750 bits per heavy atom. The molecule has 0 aliphatic carbocycles. The molecule has 3 aromatic carbocycles. The number of halogens is 1. The average molecular weight is 393 g/mol. The zero-order valence-corrected chi connectivity index (χ0v) is 16.1. The standard InChI is InChI=1S/C23H21ClN2O2/c24-21-12-5-4-9-20(21)16-26-23(28)19-11-6-10-18(15-19)22(27)25-14-13-17-7-2-1-3-8-17/h1-12,15H,13-14,16H2,(H,25,27)(H,26,28). The molecule has 2 amide bonds. The van der Waals surface area contributed by atoms with Gasteiger partial charge in [-0.15, -0.1) is 0 Å². The number of carbonyl (C=O) groups is 2. The molecule has 3 rings (SSSR count). The summed E-state index contributed by atoms with van der Waals surface area (Å²) in [5.74, 6) is -0.449. The van der Waals surface area contributed by atoms with Crippen molar-refractivity contribution in [2.24, 2.45) is 0 Å². The lowest BCUT2D eigenvalue weighted by Gasteiger charge is -2.09. The normalized spacial score (nSPS) is 10.3. The van der Waals surface area contributed by atoms with Gasteiger partial charge in [0.15, 0.2) is 0 Å². The Balaban J connectivity index is 1.55. The van der Waals surface area contributed by atoms with Crippen LogP contribution in [0.25, 0.3) is 0 Å². The maximum absolute atomic E-state index is 12.4. The van der Waals surface area contributed by atoms with Gasteiger partial charge in [-0.25, -0.2) is 0 Å². The van der Waals surface area contributed by atoms with E-state index in [9.17, 15) is 9.59 Å².